The van der Waals surface area contributed by atoms with Gasteiger partial charge in [0.25, 0.3) is 0 Å². The van der Waals surface area contributed by atoms with E-state index >= 15 is 0 Å². The molecule has 0 bridgehead atoms. The molecule has 0 fully saturated rings. The lowest BCUT2D eigenvalue weighted by Gasteiger charge is -2.10. The lowest BCUT2D eigenvalue weighted by Crippen LogP contribution is -2.13. The molecule has 4 nitrogen and oxygen atoms in total. The molecule has 0 saturated carbocycles. The molecule has 284 valence electrons. The first-order chi connectivity index (χ1) is 28.6. The van der Waals surface area contributed by atoms with Crippen molar-refractivity contribution >= 4 is 77.3 Å². The predicted octanol–water partition coefficient (Wildman–Crippen LogP) is 15.0. The van der Waals surface area contributed by atoms with Crippen LogP contribution in [0.25, 0.3) is 82.6 Å². The second-order valence-electron chi connectivity index (χ2n) is 14.1. The Hall–Kier alpha value is -7.17. The Balaban J connectivity index is 0.000000165. The molecule has 0 unspecified atom stereocenters. The van der Waals surface area contributed by atoms with Crippen molar-refractivity contribution in [3.8, 4) is 11.1 Å². The van der Waals surface area contributed by atoms with Crippen molar-refractivity contribution in [3.05, 3.63) is 198 Å². The number of nitrogens with two attached hydrogens (primary N) is 1. The molecule has 0 spiro atoms. The SMILES string of the molecule is C/C=C\C=C/c1cc2cc(-c3ccc4oc5cccc(C)c5c4c3)ccc2c2ccccc12.CC.NC(=NCc1cccc2c1oc1ccccc12)c1ccccc1. The van der Waals surface area contributed by atoms with E-state index in [9.17, 15) is 0 Å². The smallest absolute Gasteiger partial charge is 0.140 e. The molecule has 0 amide bonds. The van der Waals surface area contributed by atoms with Gasteiger partial charge < -0.3 is 14.6 Å². The number of fused-ring (bicyclic) bond motifs is 9. The van der Waals surface area contributed by atoms with E-state index in [0.29, 0.717) is 12.4 Å². The van der Waals surface area contributed by atoms with Crippen LogP contribution in [0, 0.1) is 6.92 Å². The standard InChI is InChI=1S/C32H24O.C20H16N2O.C2H6/c1-3-4-5-10-24-19-25-18-22(14-16-27(25)28-12-7-6-11-26(24)28)23-15-17-30-29(20-23)32-21(2)9-8-13-31(32)33-30;21-20(14-7-2-1-3-8-14)22-13-15-9-6-11-17-16-10-4-5-12-18(16)23-19(15)17;1-2/h3-20H,1-2H3;1-12H,13H2,(H2,21,22);1-2H3/b4-3-,10-5-;;. The van der Waals surface area contributed by atoms with E-state index < -0.39 is 0 Å². The molecule has 2 aromatic heterocycles. The van der Waals surface area contributed by atoms with Gasteiger partial charge in [0.2, 0.25) is 0 Å². The maximum atomic E-state index is 6.09. The predicted molar refractivity (Wildman–Crippen MR) is 249 cm³/mol. The summed E-state index contributed by atoms with van der Waals surface area (Å²) in [5.41, 5.74) is 16.6. The van der Waals surface area contributed by atoms with Gasteiger partial charge in [-0.1, -0.05) is 159 Å². The van der Waals surface area contributed by atoms with Gasteiger partial charge in [-0.05, 0) is 94.0 Å². The molecule has 58 heavy (non-hydrogen) atoms. The summed E-state index contributed by atoms with van der Waals surface area (Å²) in [4.78, 5) is 4.52. The molecular formula is C54H46N2O2. The number of nitrogens with zero attached hydrogens (tertiary/aromatic N) is 1. The summed E-state index contributed by atoms with van der Waals surface area (Å²) in [6.07, 6.45) is 8.43. The van der Waals surface area contributed by atoms with Crippen LogP contribution in [0.1, 0.15) is 43.0 Å². The summed E-state index contributed by atoms with van der Waals surface area (Å²) in [6, 6.07) is 54.6. The Kier molecular flexibility index (Phi) is 11.0. The van der Waals surface area contributed by atoms with Gasteiger partial charge in [0.05, 0.1) is 6.54 Å². The van der Waals surface area contributed by atoms with Crippen molar-refractivity contribution in [2.75, 3.05) is 0 Å². The fraction of sp³-hybridized carbons (Fsp3) is 0.0926. The van der Waals surface area contributed by atoms with E-state index in [4.69, 9.17) is 14.6 Å². The number of aryl methyl sites for hydroxylation is 1. The summed E-state index contributed by atoms with van der Waals surface area (Å²) < 4.78 is 12.1. The highest BCUT2D eigenvalue weighted by atomic mass is 16.3. The van der Waals surface area contributed by atoms with E-state index in [1.165, 1.54) is 54.6 Å². The minimum atomic E-state index is 0.498. The van der Waals surface area contributed by atoms with Gasteiger partial charge >= 0.3 is 0 Å². The van der Waals surface area contributed by atoms with E-state index in [-0.39, 0.29) is 0 Å². The number of benzene rings is 8. The maximum Gasteiger partial charge on any atom is 0.140 e. The molecule has 10 rings (SSSR count). The first-order valence-electron chi connectivity index (χ1n) is 20.0. The Morgan fingerprint density at radius 1 is 0.569 bits per heavy atom. The Morgan fingerprint density at radius 3 is 2.07 bits per heavy atom. The van der Waals surface area contributed by atoms with Crippen molar-refractivity contribution in [1.29, 1.82) is 0 Å². The number of aliphatic imine (C=N–C) groups is 1. The van der Waals surface area contributed by atoms with Crippen LogP contribution in [0.3, 0.4) is 0 Å². The fourth-order valence-corrected chi connectivity index (χ4v) is 7.71. The molecular weight excluding hydrogens is 709 g/mol. The van der Waals surface area contributed by atoms with Crippen molar-refractivity contribution < 1.29 is 8.83 Å². The number of hydrogen-bond acceptors (Lipinski definition) is 3. The fourth-order valence-electron chi connectivity index (χ4n) is 7.71. The molecule has 2 heterocycles. The number of hydrogen-bond donors (Lipinski definition) is 1. The normalized spacial score (nSPS) is 11.9. The van der Waals surface area contributed by atoms with E-state index in [1.807, 2.05) is 87.5 Å². The van der Waals surface area contributed by atoms with Crippen molar-refractivity contribution in [2.45, 2.75) is 34.2 Å². The molecule has 0 aliphatic heterocycles. The van der Waals surface area contributed by atoms with Gasteiger partial charge in [-0.2, -0.15) is 0 Å². The number of amidine groups is 1. The highest BCUT2D eigenvalue weighted by Crippen LogP contribution is 2.37. The molecule has 0 aliphatic carbocycles. The molecule has 0 atom stereocenters. The highest BCUT2D eigenvalue weighted by Gasteiger charge is 2.13. The Bertz CT molecular complexity index is 3140. The summed E-state index contributed by atoms with van der Waals surface area (Å²) in [5, 5.41) is 9.72. The van der Waals surface area contributed by atoms with Crippen LogP contribution >= 0.6 is 0 Å². The number of para-hydroxylation sites is 2. The van der Waals surface area contributed by atoms with Crippen LogP contribution in [-0.2, 0) is 6.54 Å². The molecule has 0 aliphatic rings. The average Bonchev–Trinajstić information content (AvgIpc) is 3.86. The van der Waals surface area contributed by atoms with E-state index in [0.717, 1.165) is 44.2 Å². The van der Waals surface area contributed by atoms with Crippen LogP contribution in [0.5, 0.6) is 0 Å². The van der Waals surface area contributed by atoms with Crippen LogP contribution in [0.2, 0.25) is 0 Å². The third kappa shape index (κ3) is 7.40. The van der Waals surface area contributed by atoms with Crippen LogP contribution < -0.4 is 5.73 Å². The topological polar surface area (TPSA) is 64.7 Å². The molecule has 10 aromatic rings. The van der Waals surface area contributed by atoms with Crippen molar-refractivity contribution in [1.82, 2.24) is 0 Å². The monoisotopic (exact) mass is 754 g/mol. The first-order valence-corrected chi connectivity index (χ1v) is 20.0. The quantitative estimate of drug-likeness (QED) is 0.0796. The average molecular weight is 755 g/mol. The molecule has 8 aromatic carbocycles. The van der Waals surface area contributed by atoms with Gasteiger partial charge in [0.15, 0.2) is 0 Å². The van der Waals surface area contributed by atoms with Gasteiger partial charge in [0.1, 0.15) is 28.2 Å². The first kappa shape index (κ1) is 37.7. The zero-order chi connectivity index (χ0) is 40.0. The lowest BCUT2D eigenvalue weighted by atomic mass is 9.93. The molecule has 0 saturated heterocycles. The number of allylic oxidation sites excluding steroid dienone is 3. The van der Waals surface area contributed by atoms with E-state index in [1.54, 1.807) is 0 Å². The number of rotatable bonds is 6. The molecule has 4 heteroatoms. The van der Waals surface area contributed by atoms with Gasteiger partial charge in [0, 0.05) is 32.7 Å². The minimum absolute atomic E-state index is 0.498. The largest absolute Gasteiger partial charge is 0.456 e. The Labute approximate surface area is 339 Å². The van der Waals surface area contributed by atoms with Crippen LogP contribution in [0.15, 0.2) is 190 Å². The van der Waals surface area contributed by atoms with Crippen LogP contribution in [0.4, 0.5) is 0 Å². The van der Waals surface area contributed by atoms with Crippen molar-refractivity contribution in [2.24, 2.45) is 10.7 Å². The summed E-state index contributed by atoms with van der Waals surface area (Å²) in [7, 11) is 0. The second-order valence-corrected chi connectivity index (χ2v) is 14.1. The van der Waals surface area contributed by atoms with Crippen LogP contribution in [-0.4, -0.2) is 5.84 Å². The zero-order valence-electron chi connectivity index (χ0n) is 33.4. The van der Waals surface area contributed by atoms with Crippen molar-refractivity contribution in [3.63, 3.8) is 0 Å². The van der Waals surface area contributed by atoms with Gasteiger partial charge in [-0.15, -0.1) is 0 Å². The van der Waals surface area contributed by atoms with Gasteiger partial charge in [-0.25, -0.2) is 0 Å². The highest BCUT2D eigenvalue weighted by molar-refractivity contribution is 6.12. The summed E-state index contributed by atoms with van der Waals surface area (Å²) >= 11 is 0. The lowest BCUT2D eigenvalue weighted by molar-refractivity contribution is 0.663. The third-order valence-electron chi connectivity index (χ3n) is 10.5. The zero-order valence-corrected chi connectivity index (χ0v) is 33.4. The Morgan fingerprint density at radius 2 is 1.24 bits per heavy atom. The van der Waals surface area contributed by atoms with E-state index in [2.05, 4.69) is 127 Å². The summed E-state index contributed by atoms with van der Waals surface area (Å²) in [5.74, 6) is 0.540. The van der Waals surface area contributed by atoms with Gasteiger partial charge in [-0.3, -0.25) is 4.99 Å². The number of furan rings is 2. The molecule has 0 radical (unpaired) electrons. The third-order valence-corrected chi connectivity index (χ3v) is 10.5. The molecule has 2 N–H and O–H groups in total. The minimum Gasteiger partial charge on any atom is -0.456 e. The maximum absolute atomic E-state index is 6.09. The summed E-state index contributed by atoms with van der Waals surface area (Å²) in [6.45, 7) is 8.68. The second kappa shape index (κ2) is 16.9.